The van der Waals surface area contributed by atoms with Crippen LogP contribution in [-0.4, -0.2) is 49.9 Å². The fourth-order valence-corrected chi connectivity index (χ4v) is 3.12. The van der Waals surface area contributed by atoms with Crippen molar-refractivity contribution in [3.05, 3.63) is 27.8 Å². The van der Waals surface area contributed by atoms with Crippen LogP contribution in [-0.2, 0) is 22.3 Å². The first-order valence-corrected chi connectivity index (χ1v) is 8.07. The highest BCUT2D eigenvalue weighted by Crippen LogP contribution is 2.25. The molecule has 1 aromatic heterocycles. The van der Waals surface area contributed by atoms with Crippen molar-refractivity contribution < 1.29 is 14.3 Å². The largest absolute Gasteiger partial charge is 0.381 e. The molecule has 23 heavy (non-hydrogen) atoms. The number of hydrogen-bond donors (Lipinski definition) is 0. The van der Waals surface area contributed by atoms with Crippen LogP contribution >= 0.6 is 0 Å². The van der Waals surface area contributed by atoms with Gasteiger partial charge in [0, 0.05) is 30.4 Å². The van der Waals surface area contributed by atoms with Crippen LogP contribution in [0.25, 0.3) is 0 Å². The average Bonchev–Trinajstić information content (AvgIpc) is 2.85. The van der Waals surface area contributed by atoms with E-state index in [1.165, 1.54) is 0 Å². The molecule has 7 heteroatoms. The summed E-state index contributed by atoms with van der Waals surface area (Å²) >= 11 is 0. The third-order valence-electron chi connectivity index (χ3n) is 4.41. The monoisotopic (exact) mass is 319 g/mol. The number of nitroso groups, excluding NO2 is 1. The van der Waals surface area contributed by atoms with Gasteiger partial charge in [0.15, 0.2) is 0 Å². The number of aromatic nitrogens is 1. The summed E-state index contributed by atoms with van der Waals surface area (Å²) in [6.07, 6.45) is 2.32. The third kappa shape index (κ3) is 3.40. The van der Waals surface area contributed by atoms with Crippen LogP contribution < -0.4 is 4.90 Å². The number of amides is 1. The normalized spacial score (nSPS) is 21.4. The first kappa shape index (κ1) is 16.0. The molecule has 0 radical (unpaired) electrons. The Bertz CT molecular complexity index is 605. The lowest BCUT2D eigenvalue weighted by molar-refractivity contribution is 0.0381. The van der Waals surface area contributed by atoms with E-state index in [0.717, 1.165) is 36.6 Å². The van der Waals surface area contributed by atoms with E-state index < -0.39 is 5.91 Å². The summed E-state index contributed by atoms with van der Waals surface area (Å²) in [5.41, 5.74) is 2.01. The molecule has 3 rings (SSSR count). The van der Waals surface area contributed by atoms with Crippen LogP contribution in [0.1, 0.15) is 35.0 Å². The molecule has 7 nitrogen and oxygen atoms in total. The summed E-state index contributed by atoms with van der Waals surface area (Å²) < 4.78 is 11.2. The maximum absolute atomic E-state index is 12.0. The lowest BCUT2D eigenvalue weighted by Crippen LogP contribution is -2.42. The fourth-order valence-electron chi connectivity index (χ4n) is 3.12. The highest BCUT2D eigenvalue weighted by Gasteiger charge is 2.25. The van der Waals surface area contributed by atoms with Gasteiger partial charge in [-0.1, -0.05) is 6.92 Å². The molecule has 0 spiro atoms. The molecule has 1 aromatic rings. The van der Waals surface area contributed by atoms with Gasteiger partial charge in [0.25, 0.3) is 0 Å². The molecule has 2 aliphatic heterocycles. The minimum atomic E-state index is -0.730. The van der Waals surface area contributed by atoms with Gasteiger partial charge in [0.2, 0.25) is 0 Å². The van der Waals surface area contributed by atoms with Gasteiger partial charge < -0.3 is 14.4 Å². The van der Waals surface area contributed by atoms with Crippen molar-refractivity contribution in [3.63, 3.8) is 0 Å². The SMILES string of the molecule is CC[C@H]1CN(c2cc(C(=O)N=O)c3c(n2)CCOCC3)CCO1. The van der Waals surface area contributed by atoms with Gasteiger partial charge >= 0.3 is 5.91 Å². The average molecular weight is 319 g/mol. The first-order valence-electron chi connectivity index (χ1n) is 8.07. The molecule has 0 saturated carbocycles. The van der Waals surface area contributed by atoms with E-state index in [1.54, 1.807) is 6.07 Å². The van der Waals surface area contributed by atoms with Crippen LogP contribution in [0.4, 0.5) is 5.82 Å². The van der Waals surface area contributed by atoms with Gasteiger partial charge in [-0.25, -0.2) is 4.98 Å². The van der Waals surface area contributed by atoms with Gasteiger partial charge in [-0.3, -0.25) is 4.79 Å². The van der Waals surface area contributed by atoms with Crippen LogP contribution in [0, 0.1) is 4.91 Å². The van der Waals surface area contributed by atoms with Crippen LogP contribution in [0.2, 0.25) is 0 Å². The summed E-state index contributed by atoms with van der Waals surface area (Å²) in [6.45, 7) is 5.29. The molecule has 3 heterocycles. The number of anilines is 1. The van der Waals surface area contributed by atoms with Crippen molar-refractivity contribution >= 4 is 11.7 Å². The van der Waals surface area contributed by atoms with E-state index in [-0.39, 0.29) is 6.10 Å². The molecule has 0 aliphatic carbocycles. The maximum Gasteiger partial charge on any atom is 0.317 e. The number of carbonyl (C=O) groups is 1. The van der Waals surface area contributed by atoms with Crippen molar-refractivity contribution in [2.24, 2.45) is 5.18 Å². The lowest BCUT2D eigenvalue weighted by atomic mass is 10.0. The number of fused-ring (bicyclic) bond motifs is 1. The Balaban J connectivity index is 1.99. The smallest absolute Gasteiger partial charge is 0.317 e. The zero-order valence-electron chi connectivity index (χ0n) is 13.3. The van der Waals surface area contributed by atoms with E-state index in [1.807, 2.05) is 0 Å². The lowest BCUT2D eigenvalue weighted by Gasteiger charge is -2.34. The summed E-state index contributed by atoms with van der Waals surface area (Å²) in [4.78, 5) is 29.6. The standard InChI is InChI=1S/C16H21N3O4/c1-2-11-10-19(5-8-23-11)15-9-13(16(20)18-21)12-3-6-22-7-4-14(12)17-15/h9,11H,2-8,10H2,1H3/t11-/m0/s1. The number of hydrogen-bond acceptors (Lipinski definition) is 6. The number of ether oxygens (including phenoxy) is 2. The van der Waals surface area contributed by atoms with E-state index >= 15 is 0 Å². The second kappa shape index (κ2) is 7.14. The molecule has 1 amide bonds. The zero-order valence-corrected chi connectivity index (χ0v) is 13.3. The molecule has 0 aromatic carbocycles. The first-order chi connectivity index (χ1) is 11.2. The molecule has 124 valence electrons. The number of pyridine rings is 1. The number of nitrogens with zero attached hydrogens (tertiary/aromatic N) is 3. The van der Waals surface area contributed by atoms with Crippen molar-refractivity contribution in [2.45, 2.75) is 32.3 Å². The van der Waals surface area contributed by atoms with Crippen LogP contribution in [0.5, 0.6) is 0 Å². The Morgan fingerprint density at radius 3 is 3.00 bits per heavy atom. The van der Waals surface area contributed by atoms with Gasteiger partial charge in [-0.2, -0.15) is 0 Å². The Kier molecular flexibility index (Phi) is 4.97. The summed E-state index contributed by atoms with van der Waals surface area (Å²) in [5.74, 6) is -0.00787. The highest BCUT2D eigenvalue weighted by molar-refractivity contribution is 5.97. The topological polar surface area (TPSA) is 81.1 Å². The minimum absolute atomic E-state index is 0.163. The number of morpholine rings is 1. The highest BCUT2D eigenvalue weighted by atomic mass is 16.5. The summed E-state index contributed by atoms with van der Waals surface area (Å²) in [7, 11) is 0. The van der Waals surface area contributed by atoms with E-state index in [2.05, 4.69) is 17.0 Å². The van der Waals surface area contributed by atoms with Crippen molar-refractivity contribution in [3.8, 4) is 0 Å². The summed E-state index contributed by atoms with van der Waals surface area (Å²) in [6, 6.07) is 1.70. The molecular formula is C16H21N3O4. The molecular weight excluding hydrogens is 298 g/mol. The molecule has 1 saturated heterocycles. The molecule has 0 bridgehead atoms. The van der Waals surface area contributed by atoms with Crippen molar-refractivity contribution in [1.29, 1.82) is 0 Å². The van der Waals surface area contributed by atoms with Crippen molar-refractivity contribution in [2.75, 3.05) is 37.8 Å². The van der Waals surface area contributed by atoms with Gasteiger partial charge in [0.05, 0.1) is 31.5 Å². The Morgan fingerprint density at radius 1 is 1.39 bits per heavy atom. The predicted octanol–water partition coefficient (Wildman–Crippen LogP) is 1.72. The molecule has 2 aliphatic rings. The van der Waals surface area contributed by atoms with Gasteiger partial charge in [-0.15, -0.1) is 4.91 Å². The Morgan fingerprint density at radius 2 is 2.22 bits per heavy atom. The molecule has 0 N–H and O–H groups in total. The quantitative estimate of drug-likeness (QED) is 0.789. The molecule has 0 unspecified atom stereocenters. The van der Waals surface area contributed by atoms with E-state index in [9.17, 15) is 9.70 Å². The Labute approximate surface area is 134 Å². The third-order valence-corrected chi connectivity index (χ3v) is 4.41. The number of rotatable bonds is 3. The minimum Gasteiger partial charge on any atom is -0.381 e. The maximum atomic E-state index is 12.0. The van der Waals surface area contributed by atoms with Gasteiger partial charge in [-0.05, 0) is 24.5 Å². The second-order valence-corrected chi connectivity index (χ2v) is 5.81. The zero-order chi connectivity index (χ0) is 16.2. The number of carbonyl (C=O) groups excluding carboxylic acids is 1. The van der Waals surface area contributed by atoms with Crippen LogP contribution in [0.15, 0.2) is 11.2 Å². The Hall–Kier alpha value is -1.86. The van der Waals surface area contributed by atoms with Crippen molar-refractivity contribution in [1.82, 2.24) is 4.98 Å². The fraction of sp³-hybridized carbons (Fsp3) is 0.625. The molecule has 1 fully saturated rings. The molecule has 1 atom stereocenters. The van der Waals surface area contributed by atoms with Crippen LogP contribution in [0.3, 0.4) is 0 Å². The predicted molar refractivity (Wildman–Crippen MR) is 84.8 cm³/mol. The summed E-state index contributed by atoms with van der Waals surface area (Å²) in [5, 5.41) is 2.61. The van der Waals surface area contributed by atoms with E-state index in [4.69, 9.17) is 14.5 Å². The second-order valence-electron chi connectivity index (χ2n) is 5.81. The van der Waals surface area contributed by atoms with Gasteiger partial charge in [0.1, 0.15) is 5.82 Å². The van der Waals surface area contributed by atoms with E-state index in [0.29, 0.717) is 38.2 Å².